The van der Waals surface area contributed by atoms with Crippen molar-refractivity contribution in [3.63, 3.8) is 0 Å². The van der Waals surface area contributed by atoms with Crippen LogP contribution < -0.4 is 20.3 Å². The lowest BCUT2D eigenvalue weighted by Crippen LogP contribution is -2.31. The third-order valence-electron chi connectivity index (χ3n) is 5.62. The summed E-state index contributed by atoms with van der Waals surface area (Å²) in [6.07, 6.45) is 3.36. The molecule has 0 radical (unpaired) electrons. The molecule has 1 aliphatic heterocycles. The molecule has 2 N–H and O–H groups in total. The van der Waals surface area contributed by atoms with E-state index in [1.54, 1.807) is 54.6 Å². The summed E-state index contributed by atoms with van der Waals surface area (Å²) in [7, 11) is 0. The number of anilines is 3. The van der Waals surface area contributed by atoms with E-state index in [1.807, 2.05) is 24.3 Å². The second-order valence-corrected chi connectivity index (χ2v) is 9.68. The molecule has 0 saturated carbocycles. The number of rotatable bonds is 10. The van der Waals surface area contributed by atoms with Crippen molar-refractivity contribution in [3.8, 4) is 5.75 Å². The zero-order valence-corrected chi connectivity index (χ0v) is 20.9. The van der Waals surface area contributed by atoms with Crippen molar-refractivity contribution in [2.24, 2.45) is 0 Å². The van der Waals surface area contributed by atoms with Crippen molar-refractivity contribution in [2.45, 2.75) is 42.8 Å². The molecule has 4 rings (SSSR count). The number of urea groups is 1. The zero-order valence-electron chi connectivity index (χ0n) is 20.1. The number of para-hydroxylation sites is 1. The Bertz CT molecular complexity index is 1200. The van der Waals surface area contributed by atoms with Crippen molar-refractivity contribution < 1.29 is 19.1 Å². The maximum atomic E-state index is 13.1. The van der Waals surface area contributed by atoms with Crippen molar-refractivity contribution in [1.29, 1.82) is 0 Å². The highest BCUT2D eigenvalue weighted by Gasteiger charge is 2.40. The van der Waals surface area contributed by atoms with E-state index in [2.05, 4.69) is 17.6 Å². The Morgan fingerprint density at radius 2 is 1.67 bits per heavy atom. The van der Waals surface area contributed by atoms with E-state index in [0.717, 1.165) is 29.9 Å². The Morgan fingerprint density at radius 1 is 0.944 bits per heavy atom. The Balaban J connectivity index is 1.35. The fraction of sp³-hybridized carbons (Fsp3) is 0.250. The highest BCUT2D eigenvalue weighted by molar-refractivity contribution is 8.00. The smallest absolute Gasteiger partial charge is 0.323 e. The van der Waals surface area contributed by atoms with Gasteiger partial charge in [-0.15, -0.1) is 11.8 Å². The van der Waals surface area contributed by atoms with Gasteiger partial charge in [0.2, 0.25) is 11.8 Å². The standard InChI is InChI=1S/C28H29N3O4S/c1-2-3-7-17-35-23-15-13-22(14-16-23)31-26(32)19-25(27(31)33)36-24-12-8-11-21(18-24)30-28(34)29-20-9-5-4-6-10-20/h4-6,8-16,18,25H,2-3,7,17,19H2,1H3,(H2,29,30,34)/t25-/m1/s1. The quantitative estimate of drug-likeness (QED) is 0.250. The summed E-state index contributed by atoms with van der Waals surface area (Å²) in [5, 5.41) is 5.04. The van der Waals surface area contributed by atoms with Crippen LogP contribution in [0.5, 0.6) is 5.75 Å². The summed E-state index contributed by atoms with van der Waals surface area (Å²) in [6.45, 7) is 2.79. The fourth-order valence-electron chi connectivity index (χ4n) is 3.83. The minimum Gasteiger partial charge on any atom is -0.494 e. The maximum Gasteiger partial charge on any atom is 0.323 e. The van der Waals surface area contributed by atoms with Crippen LogP contribution in [-0.4, -0.2) is 29.7 Å². The Kier molecular flexibility index (Phi) is 8.62. The van der Waals surface area contributed by atoms with Crippen LogP contribution in [0.1, 0.15) is 32.6 Å². The normalized spacial score (nSPS) is 15.1. The number of hydrogen-bond donors (Lipinski definition) is 2. The SMILES string of the molecule is CCCCCOc1ccc(N2C(=O)C[C@@H](Sc3cccc(NC(=O)Nc4ccccc4)c3)C2=O)cc1. The molecule has 3 aromatic carbocycles. The van der Waals surface area contributed by atoms with E-state index in [-0.39, 0.29) is 24.3 Å². The summed E-state index contributed by atoms with van der Waals surface area (Å²) in [4.78, 5) is 40.1. The number of hydrogen-bond acceptors (Lipinski definition) is 5. The molecule has 0 aromatic heterocycles. The summed E-state index contributed by atoms with van der Waals surface area (Å²) in [6, 6.07) is 23.1. The number of imide groups is 1. The van der Waals surface area contributed by atoms with Gasteiger partial charge in [-0.2, -0.15) is 0 Å². The molecular formula is C28H29N3O4S. The molecule has 7 nitrogen and oxygen atoms in total. The second kappa shape index (κ2) is 12.3. The number of carbonyl (C=O) groups excluding carboxylic acids is 3. The van der Waals surface area contributed by atoms with Crippen LogP contribution in [0.4, 0.5) is 21.9 Å². The van der Waals surface area contributed by atoms with Gasteiger partial charge in [0.15, 0.2) is 0 Å². The van der Waals surface area contributed by atoms with Crippen LogP contribution in [0.15, 0.2) is 83.8 Å². The fourth-order valence-corrected chi connectivity index (χ4v) is 4.94. The number of nitrogens with one attached hydrogen (secondary N) is 2. The second-order valence-electron chi connectivity index (χ2n) is 8.40. The highest BCUT2D eigenvalue weighted by atomic mass is 32.2. The number of benzene rings is 3. The molecule has 186 valence electrons. The largest absolute Gasteiger partial charge is 0.494 e. The number of nitrogens with zero attached hydrogens (tertiary/aromatic N) is 1. The van der Waals surface area contributed by atoms with E-state index in [4.69, 9.17) is 4.74 Å². The van der Waals surface area contributed by atoms with E-state index >= 15 is 0 Å². The van der Waals surface area contributed by atoms with Gasteiger partial charge < -0.3 is 15.4 Å². The molecule has 0 bridgehead atoms. The topological polar surface area (TPSA) is 87.7 Å². The monoisotopic (exact) mass is 503 g/mol. The minimum absolute atomic E-state index is 0.116. The molecule has 0 aliphatic carbocycles. The Hall–Kier alpha value is -3.78. The molecule has 1 aliphatic rings. The van der Waals surface area contributed by atoms with Crippen molar-refractivity contribution in [1.82, 2.24) is 0 Å². The van der Waals surface area contributed by atoms with Crippen LogP contribution in [0.3, 0.4) is 0 Å². The molecule has 8 heteroatoms. The molecular weight excluding hydrogens is 474 g/mol. The van der Waals surface area contributed by atoms with E-state index in [0.29, 0.717) is 23.7 Å². The summed E-state index contributed by atoms with van der Waals surface area (Å²) in [5.41, 5.74) is 1.82. The Labute approximate surface area is 215 Å². The first-order valence-corrected chi connectivity index (χ1v) is 12.9. The van der Waals surface area contributed by atoms with Crippen LogP contribution >= 0.6 is 11.8 Å². The number of amides is 4. The number of unbranched alkanes of at least 4 members (excludes halogenated alkanes) is 2. The van der Waals surface area contributed by atoms with E-state index in [9.17, 15) is 14.4 Å². The number of carbonyl (C=O) groups is 3. The molecule has 1 atom stereocenters. The van der Waals surface area contributed by atoms with Crippen LogP contribution in [0, 0.1) is 0 Å². The van der Waals surface area contributed by atoms with Gasteiger partial charge in [0.25, 0.3) is 0 Å². The first kappa shape index (κ1) is 25.3. The van der Waals surface area contributed by atoms with Gasteiger partial charge in [-0.05, 0) is 61.0 Å². The molecule has 0 unspecified atom stereocenters. The highest BCUT2D eigenvalue weighted by Crippen LogP contribution is 2.35. The average Bonchev–Trinajstić information content (AvgIpc) is 3.15. The maximum absolute atomic E-state index is 13.1. The summed E-state index contributed by atoms with van der Waals surface area (Å²) >= 11 is 1.32. The van der Waals surface area contributed by atoms with Crippen LogP contribution in [0.2, 0.25) is 0 Å². The van der Waals surface area contributed by atoms with Gasteiger partial charge in [-0.3, -0.25) is 9.59 Å². The molecule has 1 fully saturated rings. The van der Waals surface area contributed by atoms with Gasteiger partial charge >= 0.3 is 6.03 Å². The molecule has 1 heterocycles. The summed E-state index contributed by atoms with van der Waals surface area (Å²) in [5.74, 6) is 0.243. The Morgan fingerprint density at radius 3 is 2.42 bits per heavy atom. The molecule has 3 aromatic rings. The van der Waals surface area contributed by atoms with Gasteiger partial charge in [0, 0.05) is 22.7 Å². The first-order valence-electron chi connectivity index (χ1n) is 12.0. The first-order chi connectivity index (χ1) is 17.5. The van der Waals surface area contributed by atoms with Crippen LogP contribution in [-0.2, 0) is 9.59 Å². The predicted molar refractivity (Wildman–Crippen MR) is 144 cm³/mol. The molecule has 36 heavy (non-hydrogen) atoms. The molecule has 1 saturated heterocycles. The van der Waals surface area contributed by atoms with Gasteiger partial charge in [0.05, 0.1) is 17.5 Å². The van der Waals surface area contributed by atoms with Crippen molar-refractivity contribution in [3.05, 3.63) is 78.9 Å². The zero-order chi connectivity index (χ0) is 25.3. The lowest BCUT2D eigenvalue weighted by atomic mass is 10.2. The lowest BCUT2D eigenvalue weighted by Gasteiger charge is -2.16. The number of thioether (sulfide) groups is 1. The average molecular weight is 504 g/mol. The lowest BCUT2D eigenvalue weighted by molar-refractivity contribution is -0.121. The third kappa shape index (κ3) is 6.66. The third-order valence-corrected chi connectivity index (χ3v) is 6.80. The molecule has 0 spiro atoms. The van der Waals surface area contributed by atoms with Gasteiger partial charge in [-0.1, -0.05) is 44.0 Å². The van der Waals surface area contributed by atoms with Gasteiger partial charge in [-0.25, -0.2) is 9.69 Å². The predicted octanol–water partition coefficient (Wildman–Crippen LogP) is 6.32. The van der Waals surface area contributed by atoms with Gasteiger partial charge in [0.1, 0.15) is 5.75 Å². The van der Waals surface area contributed by atoms with Crippen molar-refractivity contribution >= 4 is 46.7 Å². The van der Waals surface area contributed by atoms with Crippen LogP contribution in [0.25, 0.3) is 0 Å². The number of ether oxygens (including phenoxy) is 1. The molecule has 4 amide bonds. The minimum atomic E-state index is -0.532. The summed E-state index contributed by atoms with van der Waals surface area (Å²) < 4.78 is 5.72. The van der Waals surface area contributed by atoms with E-state index < -0.39 is 5.25 Å². The van der Waals surface area contributed by atoms with Crippen molar-refractivity contribution in [2.75, 3.05) is 22.1 Å². The van der Waals surface area contributed by atoms with E-state index in [1.165, 1.54) is 16.7 Å².